The van der Waals surface area contributed by atoms with E-state index in [9.17, 15) is 9.59 Å². The summed E-state index contributed by atoms with van der Waals surface area (Å²) in [6.07, 6.45) is 0.328. The minimum absolute atomic E-state index is 0.0867. The highest BCUT2D eigenvalue weighted by molar-refractivity contribution is 7.99. The summed E-state index contributed by atoms with van der Waals surface area (Å²) in [6, 6.07) is 5.02. The van der Waals surface area contributed by atoms with Crippen LogP contribution in [0.5, 0.6) is 0 Å². The number of H-pyrrole nitrogens is 1. The number of nitrogens with one attached hydrogen (secondary N) is 1. The molecule has 0 aliphatic carbocycles. The van der Waals surface area contributed by atoms with E-state index in [2.05, 4.69) is 14.7 Å². The minimum Gasteiger partial charge on any atom is -0.469 e. The third kappa shape index (κ3) is 4.22. The zero-order valence-corrected chi connectivity index (χ0v) is 13.3. The molecule has 0 fully saturated rings. The normalized spacial score (nSPS) is 12.3. The second-order valence-corrected chi connectivity index (χ2v) is 6.44. The van der Waals surface area contributed by atoms with Crippen molar-refractivity contribution in [3.63, 3.8) is 0 Å². The monoisotopic (exact) mass is 326 g/mol. The molecule has 0 radical (unpaired) electrons. The van der Waals surface area contributed by atoms with Gasteiger partial charge in [-0.1, -0.05) is 18.5 Å². The molecule has 0 spiro atoms. The first-order valence-corrected chi connectivity index (χ1v) is 7.79. The number of benzene rings is 1. The molecule has 0 saturated carbocycles. The minimum atomic E-state index is -0.246. The van der Waals surface area contributed by atoms with Crippen LogP contribution in [0.3, 0.4) is 0 Å². The Balaban J connectivity index is 2.11. The van der Waals surface area contributed by atoms with Crippen LogP contribution in [0.2, 0.25) is 5.02 Å². The van der Waals surface area contributed by atoms with Gasteiger partial charge in [0.2, 0.25) is 0 Å². The number of halogens is 1. The van der Waals surface area contributed by atoms with E-state index in [-0.39, 0.29) is 16.8 Å². The zero-order valence-electron chi connectivity index (χ0n) is 11.7. The van der Waals surface area contributed by atoms with Crippen molar-refractivity contribution in [3.8, 4) is 0 Å². The summed E-state index contributed by atoms with van der Waals surface area (Å²) in [6.45, 7) is 1.93. The van der Waals surface area contributed by atoms with Crippen LogP contribution in [0.4, 0.5) is 0 Å². The first-order valence-electron chi connectivity index (χ1n) is 6.36. The highest BCUT2D eigenvalue weighted by Gasteiger charge is 2.11. The summed E-state index contributed by atoms with van der Waals surface area (Å²) >= 11 is 7.40. The van der Waals surface area contributed by atoms with Gasteiger partial charge in [0, 0.05) is 10.3 Å². The average Bonchev–Trinajstić information content (AvgIpc) is 2.45. The van der Waals surface area contributed by atoms with Crippen molar-refractivity contribution in [2.45, 2.75) is 24.3 Å². The molecule has 0 aliphatic rings. The molecule has 2 aromatic rings. The fraction of sp³-hybridized carbons (Fsp3) is 0.357. The Bertz CT molecular complexity index is 717. The number of methoxy groups -OCH3 is 1. The van der Waals surface area contributed by atoms with Crippen LogP contribution in [-0.4, -0.2) is 28.3 Å². The van der Waals surface area contributed by atoms with Crippen LogP contribution in [-0.2, 0) is 15.3 Å². The van der Waals surface area contributed by atoms with Crippen molar-refractivity contribution >= 4 is 40.2 Å². The van der Waals surface area contributed by atoms with Gasteiger partial charge in [0.15, 0.2) is 0 Å². The quantitative estimate of drug-likeness (QED) is 0.855. The Morgan fingerprint density at radius 3 is 3.00 bits per heavy atom. The third-order valence-electron chi connectivity index (χ3n) is 2.90. The number of hydrogen-bond donors (Lipinski definition) is 1. The van der Waals surface area contributed by atoms with Crippen molar-refractivity contribution in [2.24, 2.45) is 0 Å². The third-order valence-corrected chi connectivity index (χ3v) is 4.31. The van der Waals surface area contributed by atoms with E-state index in [1.54, 1.807) is 18.2 Å². The number of ether oxygens (including phenoxy) is 1. The molecule has 0 aliphatic heterocycles. The van der Waals surface area contributed by atoms with E-state index in [0.717, 1.165) is 0 Å². The van der Waals surface area contributed by atoms with Gasteiger partial charge in [0.1, 0.15) is 5.82 Å². The molecule has 1 unspecified atom stereocenters. The molecule has 1 atom stereocenters. The van der Waals surface area contributed by atoms with Crippen LogP contribution in [0.25, 0.3) is 10.9 Å². The molecule has 1 heterocycles. The summed E-state index contributed by atoms with van der Waals surface area (Å²) in [5.41, 5.74) is 0.401. The summed E-state index contributed by atoms with van der Waals surface area (Å²) in [5.74, 6) is 0.854. The van der Waals surface area contributed by atoms with Gasteiger partial charge in [-0.3, -0.25) is 9.59 Å². The number of aromatic nitrogens is 2. The van der Waals surface area contributed by atoms with Gasteiger partial charge in [-0.15, -0.1) is 0 Å². The standard InChI is InChI=1S/C14H15ClN2O3S/c1-8(5-13(18)20-2)21-7-12-16-11-4-3-9(15)6-10(11)14(19)17-12/h3-4,6,8H,5,7H2,1-2H3,(H,16,17,19). The molecule has 1 aromatic heterocycles. The number of fused-ring (bicyclic) bond motifs is 1. The summed E-state index contributed by atoms with van der Waals surface area (Å²) < 4.78 is 4.62. The molecule has 21 heavy (non-hydrogen) atoms. The topological polar surface area (TPSA) is 72.0 Å². The lowest BCUT2D eigenvalue weighted by Crippen LogP contribution is -2.13. The molecule has 0 amide bonds. The number of carbonyl (C=O) groups excluding carboxylic acids is 1. The maximum absolute atomic E-state index is 12.0. The van der Waals surface area contributed by atoms with Gasteiger partial charge in [-0.05, 0) is 18.2 Å². The number of nitrogens with zero attached hydrogens (tertiary/aromatic N) is 1. The van der Waals surface area contributed by atoms with E-state index >= 15 is 0 Å². The summed E-state index contributed by atoms with van der Waals surface area (Å²) in [7, 11) is 1.37. The van der Waals surface area contributed by atoms with Gasteiger partial charge < -0.3 is 9.72 Å². The van der Waals surface area contributed by atoms with Gasteiger partial charge in [-0.25, -0.2) is 4.98 Å². The second-order valence-electron chi connectivity index (χ2n) is 4.58. The Morgan fingerprint density at radius 1 is 1.52 bits per heavy atom. The van der Waals surface area contributed by atoms with Crippen LogP contribution in [0, 0.1) is 0 Å². The largest absolute Gasteiger partial charge is 0.469 e. The maximum atomic E-state index is 12.0. The van der Waals surface area contributed by atoms with Crippen molar-refractivity contribution in [2.75, 3.05) is 7.11 Å². The predicted molar refractivity (Wildman–Crippen MR) is 84.8 cm³/mol. The molecule has 2 rings (SSSR count). The first kappa shape index (κ1) is 15.9. The Labute approximate surface area is 131 Å². The van der Waals surface area contributed by atoms with Crippen LogP contribution in [0.1, 0.15) is 19.2 Å². The van der Waals surface area contributed by atoms with Crippen molar-refractivity contribution in [1.82, 2.24) is 9.97 Å². The lowest BCUT2D eigenvalue weighted by atomic mass is 10.2. The van der Waals surface area contributed by atoms with Gasteiger partial charge in [0.05, 0.1) is 30.2 Å². The average molecular weight is 327 g/mol. The van der Waals surface area contributed by atoms with Gasteiger partial charge in [-0.2, -0.15) is 11.8 Å². The molecule has 7 heteroatoms. The van der Waals surface area contributed by atoms with E-state index in [1.165, 1.54) is 18.9 Å². The molecule has 1 aromatic carbocycles. The zero-order chi connectivity index (χ0) is 15.4. The molecule has 1 N–H and O–H groups in total. The van der Waals surface area contributed by atoms with Crippen LogP contribution >= 0.6 is 23.4 Å². The Morgan fingerprint density at radius 2 is 2.29 bits per heavy atom. The highest BCUT2D eigenvalue weighted by Crippen LogP contribution is 2.20. The number of thioether (sulfide) groups is 1. The van der Waals surface area contributed by atoms with Crippen molar-refractivity contribution < 1.29 is 9.53 Å². The number of carbonyl (C=O) groups is 1. The fourth-order valence-electron chi connectivity index (χ4n) is 1.83. The molecule has 0 bridgehead atoms. The second kappa shape index (κ2) is 6.95. The molecule has 112 valence electrons. The molecule has 5 nitrogen and oxygen atoms in total. The smallest absolute Gasteiger partial charge is 0.306 e. The molecular weight excluding hydrogens is 312 g/mol. The SMILES string of the molecule is COC(=O)CC(C)SCc1nc2ccc(Cl)cc2c(=O)[nH]1. The number of esters is 1. The number of hydrogen-bond acceptors (Lipinski definition) is 5. The predicted octanol–water partition coefficient (Wildman–Crippen LogP) is 2.76. The Hall–Kier alpha value is -1.53. The van der Waals surface area contributed by atoms with Crippen molar-refractivity contribution in [3.05, 3.63) is 39.4 Å². The van der Waals surface area contributed by atoms with E-state index < -0.39 is 0 Å². The Kier molecular flexibility index (Phi) is 5.25. The van der Waals surface area contributed by atoms with Gasteiger partial charge >= 0.3 is 5.97 Å². The highest BCUT2D eigenvalue weighted by atomic mass is 35.5. The van der Waals surface area contributed by atoms with Crippen molar-refractivity contribution in [1.29, 1.82) is 0 Å². The van der Waals surface area contributed by atoms with E-state index in [1.807, 2.05) is 6.92 Å². The van der Waals surface area contributed by atoms with E-state index in [4.69, 9.17) is 11.6 Å². The lowest BCUT2D eigenvalue weighted by Gasteiger charge is -2.09. The van der Waals surface area contributed by atoms with Crippen LogP contribution < -0.4 is 5.56 Å². The fourth-order valence-corrected chi connectivity index (χ4v) is 2.83. The lowest BCUT2D eigenvalue weighted by molar-refractivity contribution is -0.140. The maximum Gasteiger partial charge on any atom is 0.306 e. The van der Waals surface area contributed by atoms with Crippen LogP contribution in [0.15, 0.2) is 23.0 Å². The molecular formula is C14H15ClN2O3S. The number of aromatic amines is 1. The first-order chi connectivity index (χ1) is 9.99. The summed E-state index contributed by atoms with van der Waals surface area (Å²) in [4.78, 5) is 30.3. The van der Waals surface area contributed by atoms with E-state index in [0.29, 0.717) is 33.9 Å². The number of rotatable bonds is 5. The summed E-state index contributed by atoms with van der Waals surface area (Å²) in [5, 5.41) is 1.06. The van der Waals surface area contributed by atoms with Gasteiger partial charge in [0.25, 0.3) is 5.56 Å². The molecule has 0 saturated heterocycles.